The average Bonchev–Trinajstić information content (AvgIpc) is 3.54. The fourth-order valence-electron chi connectivity index (χ4n) is 8.26. The molecule has 2 aliphatic rings. The number of rotatable bonds is 2. The van der Waals surface area contributed by atoms with E-state index in [-0.39, 0.29) is 22.6 Å². The van der Waals surface area contributed by atoms with Crippen molar-refractivity contribution in [3.8, 4) is 33.4 Å². The molecule has 0 aromatic heterocycles. The van der Waals surface area contributed by atoms with Crippen molar-refractivity contribution in [3.63, 3.8) is 0 Å². The van der Waals surface area contributed by atoms with E-state index in [0.29, 0.717) is 11.1 Å². The molecule has 226 valence electrons. The minimum atomic E-state index is -0.200. The number of carbonyl (C=O) groups excluding carboxylic acids is 2. The molecule has 0 aliphatic heterocycles. The first-order chi connectivity index (χ1) is 23.3. The van der Waals surface area contributed by atoms with Crippen LogP contribution in [0.15, 0.2) is 127 Å². The molecule has 2 nitrogen and oxygen atoms in total. The Bertz CT molecular complexity index is 2730. The van der Waals surface area contributed by atoms with E-state index in [1.54, 1.807) is 30.3 Å². The third-order valence-corrected chi connectivity index (χ3v) is 10.6. The molecule has 0 N–H and O–H groups in total. The van der Waals surface area contributed by atoms with Gasteiger partial charge >= 0.3 is 0 Å². The van der Waals surface area contributed by atoms with Gasteiger partial charge in [-0.05, 0) is 105 Å². The Balaban J connectivity index is 1.13. The predicted octanol–water partition coefficient (Wildman–Crippen LogP) is 11.8. The summed E-state index contributed by atoms with van der Waals surface area (Å²) in [7, 11) is 0. The molecule has 0 bridgehead atoms. The lowest BCUT2D eigenvalue weighted by Gasteiger charge is -2.22. The lowest BCUT2D eigenvalue weighted by atomic mass is 9.82. The van der Waals surface area contributed by atoms with Gasteiger partial charge in [-0.1, -0.05) is 136 Å². The van der Waals surface area contributed by atoms with Gasteiger partial charge in [-0.2, -0.15) is 0 Å². The smallest absolute Gasteiger partial charge is 0.197 e. The lowest BCUT2D eigenvalue weighted by molar-refractivity contribution is 0.0990. The summed E-state index contributed by atoms with van der Waals surface area (Å²) in [5.41, 5.74) is 10.6. The Labute approximate surface area is 278 Å². The summed E-state index contributed by atoms with van der Waals surface area (Å²) in [4.78, 5) is 26.2. The third-order valence-electron chi connectivity index (χ3n) is 10.6. The average molecular weight is 615 g/mol. The van der Waals surface area contributed by atoms with Crippen LogP contribution in [0.25, 0.3) is 82.5 Å². The van der Waals surface area contributed by atoms with E-state index < -0.39 is 0 Å². The van der Waals surface area contributed by atoms with Crippen molar-refractivity contribution in [1.29, 1.82) is 0 Å². The van der Waals surface area contributed by atoms with Gasteiger partial charge in [0.05, 0.1) is 5.57 Å². The second-order valence-corrected chi connectivity index (χ2v) is 14.4. The van der Waals surface area contributed by atoms with Crippen LogP contribution in [0.1, 0.15) is 52.6 Å². The summed E-state index contributed by atoms with van der Waals surface area (Å²) < 4.78 is 0. The first-order valence-electron chi connectivity index (χ1n) is 16.6. The number of allylic oxidation sites excluding steroid dienone is 1. The fraction of sp³-hybridized carbons (Fsp3) is 0.0870. The second-order valence-electron chi connectivity index (χ2n) is 14.4. The van der Waals surface area contributed by atoms with Gasteiger partial charge in [0, 0.05) is 11.1 Å². The summed E-state index contributed by atoms with van der Waals surface area (Å²) in [6.45, 7) is 6.84. The Kier molecular flexibility index (Phi) is 5.32. The van der Waals surface area contributed by atoms with Crippen LogP contribution in [0.4, 0.5) is 0 Å². The highest BCUT2D eigenvalue weighted by Gasteiger charge is 2.33. The molecule has 0 spiro atoms. The highest BCUT2D eigenvalue weighted by molar-refractivity contribution is 6.41. The minimum Gasteiger partial charge on any atom is -0.288 e. The molecular weight excluding hydrogens is 585 g/mol. The molecule has 2 aliphatic carbocycles. The Hall–Kier alpha value is -5.86. The van der Waals surface area contributed by atoms with E-state index in [4.69, 9.17) is 0 Å². The molecule has 0 fully saturated rings. The van der Waals surface area contributed by atoms with Crippen molar-refractivity contribution < 1.29 is 9.59 Å². The monoisotopic (exact) mass is 614 g/mol. The van der Waals surface area contributed by atoms with E-state index in [2.05, 4.69) is 112 Å². The van der Waals surface area contributed by atoms with Gasteiger partial charge in [-0.25, -0.2) is 0 Å². The van der Waals surface area contributed by atoms with Crippen LogP contribution in [-0.4, -0.2) is 11.6 Å². The molecule has 8 aromatic rings. The van der Waals surface area contributed by atoms with Gasteiger partial charge in [0.15, 0.2) is 11.6 Å². The molecule has 8 aromatic carbocycles. The summed E-state index contributed by atoms with van der Waals surface area (Å²) in [6, 6.07) is 42.9. The van der Waals surface area contributed by atoms with Crippen LogP contribution in [0.2, 0.25) is 0 Å². The van der Waals surface area contributed by atoms with Gasteiger partial charge < -0.3 is 0 Å². The molecule has 0 heterocycles. The number of hydrogen-bond donors (Lipinski definition) is 0. The summed E-state index contributed by atoms with van der Waals surface area (Å²) in [5, 5.41) is 10.2. The highest BCUT2D eigenvalue weighted by Crippen LogP contribution is 2.51. The molecule has 0 radical (unpaired) electrons. The van der Waals surface area contributed by atoms with Crippen molar-refractivity contribution in [1.82, 2.24) is 0 Å². The van der Waals surface area contributed by atoms with Crippen LogP contribution >= 0.6 is 0 Å². The number of carbonyl (C=O) groups is 2. The zero-order valence-corrected chi connectivity index (χ0v) is 26.9. The molecule has 0 unspecified atom stereocenters. The van der Waals surface area contributed by atoms with Crippen LogP contribution in [0, 0.1) is 0 Å². The summed E-state index contributed by atoms with van der Waals surface area (Å²) in [6.07, 6.45) is 1.76. The third kappa shape index (κ3) is 3.63. The Morgan fingerprint density at radius 1 is 0.438 bits per heavy atom. The van der Waals surface area contributed by atoms with Gasteiger partial charge in [-0.3, -0.25) is 9.59 Å². The molecule has 48 heavy (non-hydrogen) atoms. The number of benzene rings is 8. The van der Waals surface area contributed by atoms with Crippen LogP contribution in [-0.2, 0) is 5.41 Å². The topological polar surface area (TPSA) is 34.1 Å². The molecule has 0 saturated heterocycles. The van der Waals surface area contributed by atoms with Gasteiger partial charge in [-0.15, -0.1) is 0 Å². The lowest BCUT2D eigenvalue weighted by Crippen LogP contribution is -2.10. The van der Waals surface area contributed by atoms with E-state index in [9.17, 15) is 9.59 Å². The number of fused-ring (bicyclic) bond motifs is 4. The van der Waals surface area contributed by atoms with E-state index in [0.717, 1.165) is 11.1 Å². The highest BCUT2D eigenvalue weighted by atomic mass is 16.2. The molecule has 0 amide bonds. The van der Waals surface area contributed by atoms with E-state index in [1.807, 2.05) is 6.07 Å². The predicted molar refractivity (Wildman–Crippen MR) is 199 cm³/mol. The quantitative estimate of drug-likeness (QED) is 0.110. The maximum absolute atomic E-state index is 13.1. The summed E-state index contributed by atoms with van der Waals surface area (Å²) >= 11 is 0. The zero-order chi connectivity index (χ0) is 32.5. The molecule has 0 saturated carbocycles. The minimum absolute atomic E-state index is 0.0761. The normalized spacial score (nSPS) is 13.8. The van der Waals surface area contributed by atoms with Crippen molar-refractivity contribution >= 4 is 60.7 Å². The maximum atomic E-state index is 13.1. The largest absolute Gasteiger partial charge is 0.288 e. The van der Waals surface area contributed by atoms with Gasteiger partial charge in [0.25, 0.3) is 0 Å². The van der Waals surface area contributed by atoms with Gasteiger partial charge in [0.1, 0.15) is 0 Å². The molecule has 2 heteroatoms. The van der Waals surface area contributed by atoms with Crippen molar-refractivity contribution in [3.05, 3.63) is 149 Å². The molecular formula is C46H30O2. The van der Waals surface area contributed by atoms with Crippen molar-refractivity contribution in [2.75, 3.05) is 0 Å². The standard InChI is InChI=1S/C46H30O2/c1-46(2,3)29-23-27-13-12-26-14-17-30(35-18-15-28(24-29)41(27)42(26)35)31-19-20-36-32-16-11-25(21-39(32)34-10-6-9-33(31)43(34)36)22-40-44(47)37-7-4-5-8-38(37)45(40)48/h4-24H,1-3H3. The van der Waals surface area contributed by atoms with Crippen LogP contribution in [0.3, 0.4) is 0 Å². The van der Waals surface area contributed by atoms with Crippen molar-refractivity contribution in [2.45, 2.75) is 26.2 Å². The van der Waals surface area contributed by atoms with E-state index in [1.165, 1.54) is 76.5 Å². The SMILES string of the molecule is CC(C)(C)c1cc2ccc3ccc(-c4ccc5c6c(cccc46)-c4cc(C=C6C(=O)c7ccccc7C6=O)ccc4-5)c4ccc(c1)c2c34. The molecule has 10 rings (SSSR count). The first-order valence-corrected chi connectivity index (χ1v) is 16.6. The van der Waals surface area contributed by atoms with Crippen molar-refractivity contribution in [2.24, 2.45) is 0 Å². The Morgan fingerprint density at radius 3 is 1.73 bits per heavy atom. The zero-order valence-electron chi connectivity index (χ0n) is 26.9. The van der Waals surface area contributed by atoms with Gasteiger partial charge in [0.2, 0.25) is 0 Å². The second kappa shape index (κ2) is 9.36. The fourth-order valence-corrected chi connectivity index (χ4v) is 8.26. The first kappa shape index (κ1) is 27.3. The number of ketones is 2. The number of hydrogen-bond acceptors (Lipinski definition) is 2. The summed E-state index contributed by atoms with van der Waals surface area (Å²) in [5.74, 6) is -0.400. The number of Topliss-reactive ketones (excluding diaryl/α,β-unsaturated/α-hetero) is 2. The molecule has 0 atom stereocenters. The maximum Gasteiger partial charge on any atom is 0.197 e. The van der Waals surface area contributed by atoms with Crippen LogP contribution in [0.5, 0.6) is 0 Å². The van der Waals surface area contributed by atoms with Crippen LogP contribution < -0.4 is 0 Å². The van der Waals surface area contributed by atoms with E-state index >= 15 is 0 Å². The Morgan fingerprint density at radius 2 is 1.00 bits per heavy atom.